The van der Waals surface area contributed by atoms with Crippen LogP contribution in [0, 0.1) is 5.41 Å². The number of nitrogens with zero attached hydrogens (tertiary/aromatic N) is 1. The Hall–Kier alpha value is -2.58. The largest absolute Gasteiger partial charge is 0.492 e. The highest BCUT2D eigenvalue weighted by atomic mass is 35.5. The van der Waals surface area contributed by atoms with E-state index in [4.69, 9.17) is 16.3 Å². The minimum atomic E-state index is -0.448. The summed E-state index contributed by atoms with van der Waals surface area (Å²) in [6.45, 7) is 3.07. The van der Waals surface area contributed by atoms with Crippen LogP contribution < -0.4 is 20.7 Å². The second-order valence-corrected chi connectivity index (χ2v) is 9.48. The van der Waals surface area contributed by atoms with Crippen molar-refractivity contribution >= 4 is 35.4 Å². The number of carbonyl (C=O) groups excluding carboxylic acids is 3. The molecule has 0 spiro atoms. The number of benzene rings is 1. The Balaban J connectivity index is 2.10. The molecule has 188 valence electrons. The number of halogens is 1. The number of hydrogen-bond donors (Lipinski definition) is 3. The van der Waals surface area contributed by atoms with Crippen molar-refractivity contribution in [3.8, 4) is 5.75 Å². The van der Waals surface area contributed by atoms with Crippen LogP contribution in [0.25, 0.3) is 0 Å². The second kappa shape index (κ2) is 13.3. The average molecular weight is 493 g/mol. The maximum Gasteiger partial charge on any atom is 0.225 e. The highest BCUT2D eigenvalue weighted by Gasteiger charge is 2.38. The molecule has 8 nitrogen and oxygen atoms in total. The number of anilines is 1. The molecule has 0 aromatic heterocycles. The molecule has 1 saturated carbocycles. The molecule has 1 aliphatic carbocycles. The van der Waals surface area contributed by atoms with Crippen LogP contribution in [0.15, 0.2) is 29.6 Å². The van der Waals surface area contributed by atoms with E-state index in [1.54, 1.807) is 25.2 Å². The highest BCUT2D eigenvalue weighted by molar-refractivity contribution is 6.31. The molecule has 1 fully saturated rings. The van der Waals surface area contributed by atoms with Gasteiger partial charge in [0.2, 0.25) is 11.8 Å². The first-order valence-electron chi connectivity index (χ1n) is 11.7. The fourth-order valence-corrected chi connectivity index (χ4v) is 4.57. The predicted molar refractivity (Wildman–Crippen MR) is 135 cm³/mol. The Morgan fingerprint density at radius 2 is 1.85 bits per heavy atom. The van der Waals surface area contributed by atoms with Gasteiger partial charge in [-0.3, -0.25) is 14.4 Å². The maximum atomic E-state index is 13.0. The zero-order valence-corrected chi connectivity index (χ0v) is 21.4. The first-order valence-corrected chi connectivity index (χ1v) is 12.1. The summed E-state index contributed by atoms with van der Waals surface area (Å²) >= 11 is 6.11. The van der Waals surface area contributed by atoms with E-state index in [2.05, 4.69) is 16.0 Å². The van der Waals surface area contributed by atoms with E-state index in [-0.39, 0.29) is 30.4 Å². The van der Waals surface area contributed by atoms with Crippen molar-refractivity contribution in [2.24, 2.45) is 5.41 Å². The first-order chi connectivity index (χ1) is 16.2. The third-order valence-corrected chi connectivity index (χ3v) is 6.31. The normalized spacial score (nSPS) is 15.5. The summed E-state index contributed by atoms with van der Waals surface area (Å²) in [6.07, 6.45) is 5.14. The number of rotatable bonds is 13. The van der Waals surface area contributed by atoms with Gasteiger partial charge in [0.25, 0.3) is 0 Å². The van der Waals surface area contributed by atoms with Gasteiger partial charge >= 0.3 is 0 Å². The van der Waals surface area contributed by atoms with E-state index in [1.807, 2.05) is 25.9 Å². The minimum Gasteiger partial charge on any atom is -0.492 e. The van der Waals surface area contributed by atoms with Crippen LogP contribution in [0.4, 0.5) is 5.69 Å². The van der Waals surface area contributed by atoms with Crippen LogP contribution in [0.2, 0.25) is 5.02 Å². The third kappa shape index (κ3) is 8.33. The molecule has 0 heterocycles. The Morgan fingerprint density at radius 1 is 1.18 bits per heavy atom. The number of allylic oxidation sites excluding steroid dienone is 1. The summed E-state index contributed by atoms with van der Waals surface area (Å²) in [6, 6.07) is 5.09. The quantitative estimate of drug-likeness (QED) is 0.287. The molecule has 0 saturated heterocycles. The van der Waals surface area contributed by atoms with Crippen LogP contribution >= 0.6 is 11.6 Å². The van der Waals surface area contributed by atoms with Gasteiger partial charge < -0.3 is 25.6 Å². The van der Waals surface area contributed by atoms with Gasteiger partial charge in [0.15, 0.2) is 6.29 Å². The molecule has 0 radical (unpaired) electrons. The van der Waals surface area contributed by atoms with Gasteiger partial charge in [0.05, 0.1) is 12.3 Å². The number of hydrogen-bond acceptors (Lipinski definition) is 6. The van der Waals surface area contributed by atoms with Gasteiger partial charge in [0, 0.05) is 43.6 Å². The van der Waals surface area contributed by atoms with Crippen molar-refractivity contribution in [2.75, 3.05) is 39.6 Å². The van der Waals surface area contributed by atoms with E-state index in [0.29, 0.717) is 41.5 Å². The van der Waals surface area contributed by atoms with Gasteiger partial charge in [0.1, 0.15) is 11.4 Å². The molecule has 9 heteroatoms. The zero-order valence-electron chi connectivity index (χ0n) is 20.6. The smallest absolute Gasteiger partial charge is 0.225 e. The Bertz CT molecular complexity index is 895. The topological polar surface area (TPSA) is 99.8 Å². The molecular weight excluding hydrogens is 456 g/mol. The number of aldehydes is 1. The van der Waals surface area contributed by atoms with E-state index in [9.17, 15) is 14.4 Å². The van der Waals surface area contributed by atoms with Crippen LogP contribution in [-0.2, 0) is 14.4 Å². The Labute approximate surface area is 207 Å². The summed E-state index contributed by atoms with van der Waals surface area (Å²) in [5, 5.41) is 9.19. The van der Waals surface area contributed by atoms with Crippen molar-refractivity contribution in [1.82, 2.24) is 15.5 Å². The van der Waals surface area contributed by atoms with E-state index in [0.717, 1.165) is 32.2 Å². The van der Waals surface area contributed by atoms with Gasteiger partial charge in [-0.2, -0.15) is 0 Å². The number of carbonyl (C=O) groups is 3. The summed E-state index contributed by atoms with van der Waals surface area (Å²) in [5.41, 5.74) is 0.991. The lowest BCUT2D eigenvalue weighted by atomic mass is 9.79. The lowest BCUT2D eigenvalue weighted by Crippen LogP contribution is -2.34. The maximum absolute atomic E-state index is 13.0. The van der Waals surface area contributed by atoms with Crippen LogP contribution in [0.5, 0.6) is 5.75 Å². The minimum absolute atomic E-state index is 0.177. The van der Waals surface area contributed by atoms with Gasteiger partial charge in [-0.25, -0.2) is 0 Å². The Kier molecular flexibility index (Phi) is 10.9. The lowest BCUT2D eigenvalue weighted by Gasteiger charge is -2.28. The van der Waals surface area contributed by atoms with Gasteiger partial charge in [-0.1, -0.05) is 24.4 Å². The Morgan fingerprint density at radius 3 is 2.44 bits per heavy atom. The fourth-order valence-electron chi connectivity index (χ4n) is 4.40. The molecule has 2 amide bonds. The number of ether oxygens (including phenoxy) is 1. The molecule has 0 aliphatic heterocycles. The monoisotopic (exact) mass is 492 g/mol. The number of nitrogens with one attached hydrogen (secondary N) is 3. The van der Waals surface area contributed by atoms with Crippen molar-refractivity contribution in [1.29, 1.82) is 0 Å². The molecule has 0 atom stereocenters. The molecule has 1 aromatic rings. The van der Waals surface area contributed by atoms with E-state index < -0.39 is 5.41 Å². The number of amides is 2. The molecule has 0 unspecified atom stereocenters. The standard InChI is InChI=1S/C25H37ClN4O4/c1-5-34-22-9-8-18(26)14-20(22)28-23(32)15-25(11-6-7-12-25)16-24(33)29-21(17-31)19(27-2)10-13-30(3)4/h8-9,14,17,27H,5-7,10-13,15-16H2,1-4H3,(H,28,32)(H,29,33)/b21-19+. The molecule has 1 aliphatic rings. The second-order valence-electron chi connectivity index (χ2n) is 9.04. The molecular formula is C25H37ClN4O4. The van der Waals surface area contributed by atoms with Crippen LogP contribution in [0.3, 0.4) is 0 Å². The molecule has 0 bridgehead atoms. The van der Waals surface area contributed by atoms with Crippen molar-refractivity contribution in [3.63, 3.8) is 0 Å². The molecule has 2 rings (SSSR count). The SMILES string of the molecule is CCOc1ccc(Cl)cc1NC(=O)CC1(CC(=O)N/C(C=O)=C(\CCN(C)C)NC)CCCC1. The van der Waals surface area contributed by atoms with Crippen LogP contribution in [-0.4, -0.2) is 57.3 Å². The zero-order chi connectivity index (χ0) is 25.1. The van der Waals surface area contributed by atoms with Crippen molar-refractivity contribution < 1.29 is 19.1 Å². The summed E-state index contributed by atoms with van der Waals surface area (Å²) in [4.78, 5) is 39.6. The first kappa shape index (κ1) is 27.7. The van der Waals surface area contributed by atoms with Crippen molar-refractivity contribution in [2.45, 2.75) is 51.9 Å². The van der Waals surface area contributed by atoms with Crippen molar-refractivity contribution in [3.05, 3.63) is 34.6 Å². The van der Waals surface area contributed by atoms with E-state index >= 15 is 0 Å². The summed E-state index contributed by atoms with van der Waals surface area (Å²) in [7, 11) is 5.62. The lowest BCUT2D eigenvalue weighted by molar-refractivity contribution is -0.125. The average Bonchev–Trinajstić information content (AvgIpc) is 3.22. The van der Waals surface area contributed by atoms with E-state index in [1.165, 1.54) is 0 Å². The molecule has 3 N–H and O–H groups in total. The van der Waals surface area contributed by atoms with Gasteiger partial charge in [-0.05, 0) is 57.5 Å². The summed E-state index contributed by atoms with van der Waals surface area (Å²) in [5.74, 6) is 0.106. The third-order valence-electron chi connectivity index (χ3n) is 6.08. The molecule has 1 aromatic carbocycles. The predicted octanol–water partition coefficient (Wildman–Crippen LogP) is 3.72. The summed E-state index contributed by atoms with van der Waals surface area (Å²) < 4.78 is 5.59. The molecule has 34 heavy (non-hydrogen) atoms. The van der Waals surface area contributed by atoms with Gasteiger partial charge in [-0.15, -0.1) is 0 Å². The van der Waals surface area contributed by atoms with Crippen LogP contribution in [0.1, 0.15) is 51.9 Å². The highest BCUT2D eigenvalue weighted by Crippen LogP contribution is 2.44. The fraction of sp³-hybridized carbons (Fsp3) is 0.560.